The van der Waals surface area contributed by atoms with Crippen molar-refractivity contribution >= 4 is 5.91 Å². The summed E-state index contributed by atoms with van der Waals surface area (Å²) in [6, 6.07) is 1.66. The third-order valence-electron chi connectivity index (χ3n) is 5.15. The maximum absolute atomic E-state index is 12.4. The number of rotatable bonds is 2. The molecular weight excluding hydrogens is 298 g/mol. The van der Waals surface area contributed by atoms with Crippen molar-refractivity contribution in [3.63, 3.8) is 0 Å². The summed E-state index contributed by atoms with van der Waals surface area (Å²) in [5.74, 6) is 0.543. The minimum atomic E-state index is -0.856. The Morgan fingerprint density at radius 2 is 2.17 bits per heavy atom. The fourth-order valence-corrected chi connectivity index (χ4v) is 3.56. The molecule has 0 aliphatic carbocycles. The van der Waals surface area contributed by atoms with Crippen LogP contribution >= 0.6 is 0 Å². The number of aromatic nitrogens is 1. The molecule has 7 nitrogen and oxygen atoms in total. The van der Waals surface area contributed by atoms with Crippen molar-refractivity contribution in [2.45, 2.75) is 50.4 Å². The lowest BCUT2D eigenvalue weighted by Crippen LogP contribution is -2.62. The number of carbonyl (C=O) groups excluding carboxylic acids is 1. The van der Waals surface area contributed by atoms with E-state index in [1.54, 1.807) is 24.8 Å². The minimum Gasteiger partial charge on any atom is -0.386 e. The number of nitrogens with one attached hydrogen (secondary N) is 1. The van der Waals surface area contributed by atoms with Gasteiger partial charge in [0.2, 0.25) is 0 Å². The van der Waals surface area contributed by atoms with Gasteiger partial charge < -0.3 is 24.6 Å². The molecule has 2 aliphatic heterocycles. The molecule has 3 rings (SSSR count). The number of carbonyl (C=O) groups is 1. The molecule has 1 spiro atoms. The molecule has 1 aromatic heterocycles. The summed E-state index contributed by atoms with van der Waals surface area (Å²) >= 11 is 0. The van der Waals surface area contributed by atoms with Crippen molar-refractivity contribution in [2.24, 2.45) is 0 Å². The van der Waals surface area contributed by atoms with Gasteiger partial charge in [-0.25, -0.2) is 0 Å². The number of amides is 1. The molecule has 0 aromatic carbocycles. The Kier molecular flexibility index (Phi) is 4.20. The number of piperidine rings is 1. The second-order valence-corrected chi connectivity index (χ2v) is 6.99. The van der Waals surface area contributed by atoms with E-state index in [-0.39, 0.29) is 17.6 Å². The van der Waals surface area contributed by atoms with Crippen molar-refractivity contribution in [3.05, 3.63) is 17.5 Å². The molecule has 1 amide bonds. The normalized spacial score (nSPS) is 30.6. The predicted molar refractivity (Wildman–Crippen MR) is 83.1 cm³/mol. The van der Waals surface area contributed by atoms with Crippen LogP contribution in [0.1, 0.15) is 42.4 Å². The third-order valence-corrected chi connectivity index (χ3v) is 5.15. The summed E-state index contributed by atoms with van der Waals surface area (Å²) in [6.07, 6.45) is 2.29. The Morgan fingerprint density at radius 3 is 2.74 bits per heavy atom. The highest BCUT2D eigenvalue weighted by atomic mass is 16.5. The van der Waals surface area contributed by atoms with E-state index in [0.29, 0.717) is 31.2 Å². The topological polar surface area (TPSA) is 87.8 Å². The van der Waals surface area contributed by atoms with Crippen molar-refractivity contribution < 1.29 is 19.2 Å². The van der Waals surface area contributed by atoms with Gasteiger partial charge in [0.15, 0.2) is 5.69 Å². The molecule has 3 heterocycles. The van der Waals surface area contributed by atoms with Crippen LogP contribution in [0.25, 0.3) is 0 Å². The Hall–Kier alpha value is -1.44. The average Bonchev–Trinajstić information content (AvgIpc) is 2.97. The summed E-state index contributed by atoms with van der Waals surface area (Å²) in [5, 5.41) is 17.4. The smallest absolute Gasteiger partial charge is 0.276 e. The van der Waals surface area contributed by atoms with Gasteiger partial charge in [-0.3, -0.25) is 4.79 Å². The van der Waals surface area contributed by atoms with E-state index in [9.17, 15) is 9.90 Å². The summed E-state index contributed by atoms with van der Waals surface area (Å²) in [5.41, 5.74) is -0.753. The number of likely N-dealkylation sites (tertiary alicyclic amines) is 1. The second-order valence-electron chi connectivity index (χ2n) is 6.99. The minimum absolute atomic E-state index is 0.00306. The van der Waals surface area contributed by atoms with E-state index in [2.05, 4.69) is 10.5 Å². The molecule has 1 aromatic rings. The fourth-order valence-electron chi connectivity index (χ4n) is 3.56. The van der Waals surface area contributed by atoms with E-state index < -0.39 is 5.60 Å². The highest BCUT2D eigenvalue weighted by Gasteiger charge is 2.48. The lowest BCUT2D eigenvalue weighted by atomic mass is 9.77. The summed E-state index contributed by atoms with van der Waals surface area (Å²) in [4.78, 5) is 14.2. The van der Waals surface area contributed by atoms with Crippen molar-refractivity contribution in [1.29, 1.82) is 0 Å². The molecular formula is C16H25N3O4. The summed E-state index contributed by atoms with van der Waals surface area (Å²) in [7, 11) is 1.86. The molecule has 2 N–H and O–H groups in total. The van der Waals surface area contributed by atoms with Gasteiger partial charge in [-0.1, -0.05) is 5.16 Å². The number of nitrogens with zero attached hydrogens (tertiary/aromatic N) is 2. The van der Waals surface area contributed by atoms with Crippen LogP contribution in [0.4, 0.5) is 0 Å². The quantitative estimate of drug-likeness (QED) is 0.834. The highest BCUT2D eigenvalue weighted by molar-refractivity contribution is 5.92. The van der Waals surface area contributed by atoms with Gasteiger partial charge in [-0.15, -0.1) is 0 Å². The Balaban J connectivity index is 1.63. The Bertz CT molecular complexity index is 576. The Labute approximate surface area is 136 Å². The van der Waals surface area contributed by atoms with E-state index in [4.69, 9.17) is 9.26 Å². The van der Waals surface area contributed by atoms with Gasteiger partial charge in [-0.2, -0.15) is 0 Å². The van der Waals surface area contributed by atoms with Gasteiger partial charge in [0.05, 0.1) is 12.2 Å². The maximum atomic E-state index is 12.4. The number of hydrogen-bond donors (Lipinski definition) is 2. The lowest BCUT2D eigenvalue weighted by Gasteiger charge is -2.50. The zero-order valence-corrected chi connectivity index (χ0v) is 14.0. The molecule has 0 radical (unpaired) electrons. The van der Waals surface area contributed by atoms with E-state index in [1.165, 1.54) is 0 Å². The van der Waals surface area contributed by atoms with E-state index >= 15 is 0 Å². The average molecular weight is 323 g/mol. The van der Waals surface area contributed by atoms with Gasteiger partial charge in [0, 0.05) is 25.2 Å². The molecule has 2 aliphatic rings. The number of aliphatic hydroxyl groups is 1. The molecule has 2 atom stereocenters. The second kappa shape index (κ2) is 5.89. The molecule has 2 fully saturated rings. The Morgan fingerprint density at radius 1 is 1.48 bits per heavy atom. The monoisotopic (exact) mass is 323 g/mol. The van der Waals surface area contributed by atoms with Gasteiger partial charge >= 0.3 is 0 Å². The van der Waals surface area contributed by atoms with Crippen molar-refractivity contribution in [2.75, 3.05) is 26.7 Å². The van der Waals surface area contributed by atoms with Crippen molar-refractivity contribution in [3.8, 4) is 0 Å². The van der Waals surface area contributed by atoms with E-state index in [1.807, 2.05) is 7.05 Å². The molecule has 0 unspecified atom stereocenters. The van der Waals surface area contributed by atoms with Crippen LogP contribution in [-0.4, -0.2) is 65.1 Å². The van der Waals surface area contributed by atoms with Crippen LogP contribution in [0.2, 0.25) is 0 Å². The first kappa shape index (κ1) is 16.4. The molecule has 23 heavy (non-hydrogen) atoms. The molecule has 128 valence electrons. The van der Waals surface area contributed by atoms with Gasteiger partial charge in [0.25, 0.3) is 5.91 Å². The molecule has 0 saturated carbocycles. The predicted octanol–water partition coefficient (Wildman–Crippen LogP) is 0.717. The van der Waals surface area contributed by atoms with Crippen LogP contribution < -0.4 is 5.32 Å². The maximum Gasteiger partial charge on any atom is 0.276 e. The third kappa shape index (κ3) is 3.13. The van der Waals surface area contributed by atoms with E-state index in [0.717, 1.165) is 19.3 Å². The van der Waals surface area contributed by atoms with Crippen molar-refractivity contribution in [1.82, 2.24) is 15.4 Å². The van der Waals surface area contributed by atoms with Gasteiger partial charge in [0.1, 0.15) is 11.4 Å². The number of hydrogen-bond acceptors (Lipinski definition) is 6. The standard InChI is InChI=1S/C16H25N3O4/c1-11-8-12(18-23-11)14(20)19-6-4-16(5-7-19)9-13(17-3)15(2,21)10-22-16/h8,13,17,21H,4-7,9-10H2,1-3H3/t13-,15-/m0/s1. The first-order valence-electron chi connectivity index (χ1n) is 8.11. The first-order valence-corrected chi connectivity index (χ1v) is 8.11. The highest BCUT2D eigenvalue weighted by Crippen LogP contribution is 2.38. The summed E-state index contributed by atoms with van der Waals surface area (Å²) < 4.78 is 11.0. The largest absolute Gasteiger partial charge is 0.386 e. The molecule has 7 heteroatoms. The first-order chi connectivity index (χ1) is 10.9. The molecule has 2 saturated heterocycles. The number of aryl methyl sites for hydroxylation is 1. The van der Waals surface area contributed by atoms with Crippen LogP contribution in [0.3, 0.4) is 0 Å². The SMILES string of the molecule is CN[C@H]1CC2(CCN(C(=O)c3cc(C)on3)CC2)OC[C@]1(C)O. The molecule has 0 bridgehead atoms. The van der Waals surface area contributed by atoms with Gasteiger partial charge in [-0.05, 0) is 40.2 Å². The fraction of sp³-hybridized carbons (Fsp3) is 0.750. The van der Waals surface area contributed by atoms with Crippen LogP contribution in [0.15, 0.2) is 10.6 Å². The van der Waals surface area contributed by atoms with Crippen LogP contribution in [0, 0.1) is 6.92 Å². The summed E-state index contributed by atoms with van der Waals surface area (Å²) in [6.45, 7) is 5.14. The lowest BCUT2D eigenvalue weighted by molar-refractivity contribution is -0.189. The van der Waals surface area contributed by atoms with Crippen LogP contribution in [-0.2, 0) is 4.74 Å². The number of likely N-dealkylation sites (N-methyl/N-ethyl adjacent to an activating group) is 1. The zero-order valence-electron chi connectivity index (χ0n) is 14.0. The zero-order chi connectivity index (χ0) is 16.7. The van der Waals surface area contributed by atoms with Crippen LogP contribution in [0.5, 0.6) is 0 Å². The number of ether oxygens (including phenoxy) is 1.